The SMILES string of the molecule is CC.N#Cc1ccc(C(O)c2ccc(C#N)cc2)cc1. The number of aliphatic hydroxyl groups is 1. The Morgan fingerprint density at radius 1 is 0.750 bits per heavy atom. The lowest BCUT2D eigenvalue weighted by Crippen LogP contribution is -1.99. The fourth-order valence-electron chi connectivity index (χ4n) is 1.67. The predicted molar refractivity (Wildman–Crippen MR) is 77.7 cm³/mol. The van der Waals surface area contributed by atoms with Crippen molar-refractivity contribution in [1.29, 1.82) is 10.5 Å². The standard InChI is InChI=1S/C15H10N2O.C2H6/c16-9-11-1-5-13(6-2-11)15(18)14-7-3-12(10-17)4-8-14;1-2/h1-8,15,18H;1-2H3. The molecule has 20 heavy (non-hydrogen) atoms. The zero-order chi connectivity index (χ0) is 15.0. The number of nitrogens with zero attached hydrogens (tertiary/aromatic N) is 2. The van der Waals surface area contributed by atoms with Crippen LogP contribution in [-0.2, 0) is 0 Å². The van der Waals surface area contributed by atoms with Gasteiger partial charge in [0, 0.05) is 0 Å². The molecule has 0 radical (unpaired) electrons. The van der Waals surface area contributed by atoms with Gasteiger partial charge in [-0.25, -0.2) is 0 Å². The Hall–Kier alpha value is -2.62. The van der Waals surface area contributed by atoms with Crippen LogP contribution in [0.1, 0.15) is 42.2 Å². The third kappa shape index (κ3) is 3.68. The molecule has 0 aliphatic carbocycles. The first-order chi connectivity index (χ1) is 9.74. The van der Waals surface area contributed by atoms with Crippen molar-refractivity contribution in [2.45, 2.75) is 20.0 Å². The summed E-state index contributed by atoms with van der Waals surface area (Å²) in [6, 6.07) is 17.6. The third-order valence-corrected chi connectivity index (χ3v) is 2.71. The van der Waals surface area contributed by atoms with E-state index in [2.05, 4.69) is 0 Å². The number of benzene rings is 2. The normalized spacial score (nSPS) is 9.10. The van der Waals surface area contributed by atoms with Gasteiger partial charge in [-0.1, -0.05) is 38.1 Å². The zero-order valence-electron chi connectivity index (χ0n) is 11.5. The summed E-state index contributed by atoms with van der Waals surface area (Å²) in [5, 5.41) is 27.6. The largest absolute Gasteiger partial charge is 0.384 e. The maximum absolute atomic E-state index is 10.2. The van der Waals surface area contributed by atoms with Crippen LogP contribution >= 0.6 is 0 Å². The number of hydrogen-bond acceptors (Lipinski definition) is 3. The maximum Gasteiger partial charge on any atom is 0.104 e. The second kappa shape index (κ2) is 7.74. The molecule has 0 atom stereocenters. The van der Waals surface area contributed by atoms with Crippen LogP contribution in [0.25, 0.3) is 0 Å². The highest BCUT2D eigenvalue weighted by Gasteiger charge is 2.10. The average Bonchev–Trinajstić information content (AvgIpc) is 2.56. The monoisotopic (exact) mass is 264 g/mol. The van der Waals surface area contributed by atoms with Crippen molar-refractivity contribution in [3.05, 3.63) is 70.8 Å². The summed E-state index contributed by atoms with van der Waals surface area (Å²) in [5.74, 6) is 0. The van der Waals surface area contributed by atoms with Gasteiger partial charge in [0.1, 0.15) is 6.10 Å². The van der Waals surface area contributed by atoms with Crippen molar-refractivity contribution >= 4 is 0 Å². The quantitative estimate of drug-likeness (QED) is 0.902. The molecule has 2 aromatic rings. The molecule has 3 heteroatoms. The molecule has 0 aliphatic rings. The minimum absolute atomic E-state index is 0.561. The minimum atomic E-state index is -0.745. The Labute approximate surface area is 119 Å². The number of aliphatic hydroxyl groups excluding tert-OH is 1. The van der Waals surface area contributed by atoms with Crippen molar-refractivity contribution in [2.24, 2.45) is 0 Å². The molecular weight excluding hydrogens is 248 g/mol. The molecule has 0 amide bonds. The van der Waals surface area contributed by atoms with E-state index >= 15 is 0 Å². The zero-order valence-corrected chi connectivity index (χ0v) is 11.5. The van der Waals surface area contributed by atoms with Gasteiger partial charge in [-0.05, 0) is 35.4 Å². The van der Waals surface area contributed by atoms with Gasteiger partial charge in [0.25, 0.3) is 0 Å². The highest BCUT2D eigenvalue weighted by molar-refractivity contribution is 5.38. The molecule has 0 aromatic heterocycles. The van der Waals surface area contributed by atoms with Gasteiger partial charge in [0.05, 0.1) is 23.3 Å². The van der Waals surface area contributed by atoms with Gasteiger partial charge >= 0.3 is 0 Å². The summed E-state index contributed by atoms with van der Waals surface area (Å²) in [6.07, 6.45) is -0.745. The van der Waals surface area contributed by atoms with Gasteiger partial charge < -0.3 is 5.11 Å². The highest BCUT2D eigenvalue weighted by Crippen LogP contribution is 2.22. The van der Waals surface area contributed by atoms with Crippen molar-refractivity contribution < 1.29 is 5.11 Å². The molecule has 0 fully saturated rings. The minimum Gasteiger partial charge on any atom is -0.384 e. The molecule has 0 saturated carbocycles. The molecule has 0 bridgehead atoms. The Bertz CT molecular complexity index is 559. The molecule has 0 saturated heterocycles. The van der Waals surface area contributed by atoms with E-state index < -0.39 is 6.10 Å². The van der Waals surface area contributed by atoms with Crippen molar-refractivity contribution in [3.63, 3.8) is 0 Å². The molecule has 0 heterocycles. The Morgan fingerprint density at radius 3 is 1.30 bits per heavy atom. The van der Waals surface area contributed by atoms with E-state index in [9.17, 15) is 5.11 Å². The van der Waals surface area contributed by atoms with E-state index in [1.54, 1.807) is 48.5 Å². The van der Waals surface area contributed by atoms with Gasteiger partial charge in [0.15, 0.2) is 0 Å². The molecule has 2 aromatic carbocycles. The third-order valence-electron chi connectivity index (χ3n) is 2.71. The van der Waals surface area contributed by atoms with Crippen LogP contribution in [0.5, 0.6) is 0 Å². The Kier molecular flexibility index (Phi) is 5.97. The molecule has 100 valence electrons. The Balaban J connectivity index is 0.000000956. The van der Waals surface area contributed by atoms with E-state index in [0.29, 0.717) is 11.1 Å². The van der Waals surface area contributed by atoms with Gasteiger partial charge in [0.2, 0.25) is 0 Å². The van der Waals surface area contributed by atoms with E-state index in [1.165, 1.54) is 0 Å². The Morgan fingerprint density at radius 2 is 1.05 bits per heavy atom. The number of hydrogen-bond donors (Lipinski definition) is 1. The summed E-state index contributed by atoms with van der Waals surface area (Å²) >= 11 is 0. The summed E-state index contributed by atoms with van der Waals surface area (Å²) in [7, 11) is 0. The number of nitriles is 2. The summed E-state index contributed by atoms with van der Waals surface area (Å²) in [5.41, 5.74) is 2.56. The number of rotatable bonds is 2. The summed E-state index contributed by atoms with van der Waals surface area (Å²) in [4.78, 5) is 0. The molecular formula is C17H16N2O. The van der Waals surface area contributed by atoms with Gasteiger partial charge in [-0.15, -0.1) is 0 Å². The van der Waals surface area contributed by atoms with Crippen LogP contribution < -0.4 is 0 Å². The molecule has 3 nitrogen and oxygen atoms in total. The van der Waals surface area contributed by atoms with E-state index in [-0.39, 0.29) is 0 Å². The van der Waals surface area contributed by atoms with Gasteiger partial charge in [-0.3, -0.25) is 0 Å². The van der Waals surface area contributed by atoms with Crippen molar-refractivity contribution in [3.8, 4) is 12.1 Å². The first kappa shape index (κ1) is 15.4. The van der Waals surface area contributed by atoms with Crippen molar-refractivity contribution in [2.75, 3.05) is 0 Å². The van der Waals surface area contributed by atoms with E-state index in [4.69, 9.17) is 10.5 Å². The fourth-order valence-corrected chi connectivity index (χ4v) is 1.67. The smallest absolute Gasteiger partial charge is 0.104 e. The van der Waals surface area contributed by atoms with E-state index in [1.807, 2.05) is 26.0 Å². The van der Waals surface area contributed by atoms with Crippen LogP contribution in [0.15, 0.2) is 48.5 Å². The molecule has 0 unspecified atom stereocenters. The lowest BCUT2D eigenvalue weighted by molar-refractivity contribution is 0.220. The maximum atomic E-state index is 10.2. The highest BCUT2D eigenvalue weighted by atomic mass is 16.3. The lowest BCUT2D eigenvalue weighted by atomic mass is 10.00. The van der Waals surface area contributed by atoms with Crippen LogP contribution in [0, 0.1) is 22.7 Å². The van der Waals surface area contributed by atoms with Crippen molar-refractivity contribution in [1.82, 2.24) is 0 Å². The van der Waals surface area contributed by atoms with Crippen LogP contribution in [0.3, 0.4) is 0 Å². The molecule has 1 N–H and O–H groups in total. The molecule has 0 aliphatic heterocycles. The topological polar surface area (TPSA) is 67.8 Å². The first-order valence-corrected chi connectivity index (χ1v) is 6.43. The molecule has 2 rings (SSSR count). The van der Waals surface area contributed by atoms with Crippen LogP contribution in [0.4, 0.5) is 0 Å². The first-order valence-electron chi connectivity index (χ1n) is 6.43. The second-order valence-electron chi connectivity index (χ2n) is 3.87. The van der Waals surface area contributed by atoms with Gasteiger partial charge in [-0.2, -0.15) is 10.5 Å². The average molecular weight is 264 g/mol. The lowest BCUT2D eigenvalue weighted by Gasteiger charge is -2.11. The second-order valence-corrected chi connectivity index (χ2v) is 3.87. The summed E-state index contributed by atoms with van der Waals surface area (Å²) in [6.45, 7) is 4.00. The predicted octanol–water partition coefficient (Wildman–Crippen LogP) is 3.54. The fraction of sp³-hybridized carbons (Fsp3) is 0.176. The molecule has 0 spiro atoms. The van der Waals surface area contributed by atoms with E-state index in [0.717, 1.165) is 11.1 Å². The van der Waals surface area contributed by atoms with Crippen LogP contribution in [0.2, 0.25) is 0 Å². The van der Waals surface area contributed by atoms with Crippen LogP contribution in [-0.4, -0.2) is 5.11 Å². The summed E-state index contributed by atoms with van der Waals surface area (Å²) < 4.78 is 0.